The molecule has 5 rings (SSSR count). The molecule has 2 aromatic carbocycles. The molecule has 0 saturated carbocycles. The van der Waals surface area contributed by atoms with E-state index >= 15 is 0 Å². The lowest BCUT2D eigenvalue weighted by atomic mass is 9.95. The smallest absolute Gasteiger partial charge is 0.416 e. The summed E-state index contributed by atoms with van der Waals surface area (Å²) < 4.78 is 52.5. The summed E-state index contributed by atoms with van der Waals surface area (Å²) in [7, 11) is 0. The topological polar surface area (TPSA) is 109 Å². The number of nitrogens with zero attached hydrogens (tertiary/aromatic N) is 2. The summed E-state index contributed by atoms with van der Waals surface area (Å²) in [5.74, 6) is -1.40. The molecule has 2 aromatic heterocycles. The first kappa shape index (κ1) is 24.8. The fraction of sp³-hybridized carbons (Fsp3) is 0.346. The van der Waals surface area contributed by atoms with E-state index in [9.17, 15) is 27.9 Å². The van der Waals surface area contributed by atoms with Crippen LogP contribution in [0.3, 0.4) is 0 Å². The summed E-state index contributed by atoms with van der Waals surface area (Å²) in [5.41, 5.74) is 0.389. The molecular formula is C26H24F3N3O5. The molecule has 37 heavy (non-hydrogen) atoms. The minimum Gasteiger partial charge on any atom is -0.478 e. The number of hydrogen-bond acceptors (Lipinski definition) is 5. The van der Waals surface area contributed by atoms with E-state index in [1.165, 1.54) is 11.0 Å². The van der Waals surface area contributed by atoms with Gasteiger partial charge in [0.25, 0.3) is 5.91 Å². The maximum atomic E-state index is 13.9. The molecule has 2 atom stereocenters. The van der Waals surface area contributed by atoms with Crippen LogP contribution >= 0.6 is 0 Å². The molecule has 11 heteroatoms. The number of alkyl halides is 3. The average Bonchev–Trinajstić information content (AvgIpc) is 3.34. The van der Waals surface area contributed by atoms with Gasteiger partial charge >= 0.3 is 12.1 Å². The molecule has 1 amide bonds. The quantitative estimate of drug-likeness (QED) is 0.370. The number of hydrogen-bond donors (Lipinski definition) is 2. The van der Waals surface area contributed by atoms with Gasteiger partial charge in [-0.05, 0) is 57.5 Å². The fourth-order valence-electron chi connectivity index (χ4n) is 5.19. The normalized spacial score (nSPS) is 18.6. The number of carbonyl (C=O) groups is 2. The number of aryl methyl sites for hydroxylation is 2. The first-order valence-electron chi connectivity index (χ1n) is 11.7. The molecule has 2 N–H and O–H groups in total. The van der Waals surface area contributed by atoms with Gasteiger partial charge in [-0.15, -0.1) is 0 Å². The van der Waals surface area contributed by atoms with Gasteiger partial charge in [0.15, 0.2) is 0 Å². The van der Waals surface area contributed by atoms with Crippen LogP contribution < -0.4 is 0 Å². The molecule has 8 nitrogen and oxygen atoms in total. The van der Waals surface area contributed by atoms with Crippen molar-refractivity contribution in [3.8, 4) is 11.1 Å². The van der Waals surface area contributed by atoms with Crippen molar-refractivity contribution in [1.29, 1.82) is 0 Å². The minimum absolute atomic E-state index is 0.0148. The molecule has 3 heterocycles. The summed E-state index contributed by atoms with van der Waals surface area (Å²) in [6.45, 7) is 7.40. The van der Waals surface area contributed by atoms with Crippen LogP contribution in [0.4, 0.5) is 13.2 Å². The standard InChI is InChI=1S/C26H24F3N3O5/c1-11-9-32(10-12(2)36-11)24(33)18-7-16(26(27,28)29)8-20-22(18)17-5-15(21-13(3)31-37-14(21)4)6-19(25(34)35)23(17)30-20/h5-8,11-12,30H,9-10H2,1-4H3,(H,34,35)/t11-,12+. The highest BCUT2D eigenvalue weighted by molar-refractivity contribution is 6.21. The van der Waals surface area contributed by atoms with E-state index in [0.29, 0.717) is 28.0 Å². The second-order valence-electron chi connectivity index (χ2n) is 9.49. The van der Waals surface area contributed by atoms with Gasteiger partial charge in [0.2, 0.25) is 0 Å². The third kappa shape index (κ3) is 4.22. The van der Waals surface area contributed by atoms with Crippen molar-refractivity contribution in [2.75, 3.05) is 13.1 Å². The Morgan fingerprint density at radius 1 is 1.08 bits per heavy atom. The van der Waals surface area contributed by atoms with E-state index in [2.05, 4.69) is 10.1 Å². The highest BCUT2D eigenvalue weighted by Crippen LogP contribution is 2.40. The van der Waals surface area contributed by atoms with Gasteiger partial charge in [-0.1, -0.05) is 5.16 Å². The van der Waals surface area contributed by atoms with Crippen molar-refractivity contribution in [2.24, 2.45) is 0 Å². The summed E-state index contributed by atoms with van der Waals surface area (Å²) in [6.07, 6.45) is -5.30. The predicted molar refractivity (Wildman–Crippen MR) is 129 cm³/mol. The lowest BCUT2D eigenvalue weighted by molar-refractivity contribution is -0.137. The number of amides is 1. The lowest BCUT2D eigenvalue weighted by Crippen LogP contribution is -2.48. The number of nitrogens with one attached hydrogen (secondary N) is 1. The highest BCUT2D eigenvalue weighted by Gasteiger charge is 2.35. The summed E-state index contributed by atoms with van der Waals surface area (Å²) in [6, 6.07) is 4.81. The maximum Gasteiger partial charge on any atom is 0.416 e. The zero-order valence-corrected chi connectivity index (χ0v) is 20.5. The molecule has 0 radical (unpaired) electrons. The number of H-pyrrole nitrogens is 1. The Balaban J connectivity index is 1.84. The molecule has 0 bridgehead atoms. The van der Waals surface area contributed by atoms with Crippen LogP contribution in [0.25, 0.3) is 32.9 Å². The maximum absolute atomic E-state index is 13.9. The number of carboxylic acid groups (broad SMARTS) is 1. The molecule has 1 aliphatic rings. The van der Waals surface area contributed by atoms with Crippen molar-refractivity contribution in [3.63, 3.8) is 0 Å². The molecule has 194 valence electrons. The zero-order valence-electron chi connectivity index (χ0n) is 20.5. The highest BCUT2D eigenvalue weighted by atomic mass is 19.4. The van der Waals surface area contributed by atoms with E-state index in [1.807, 2.05) is 0 Å². The monoisotopic (exact) mass is 515 g/mol. The Kier molecular flexibility index (Phi) is 5.78. The number of aromatic amines is 1. The molecule has 1 aliphatic heterocycles. The Bertz CT molecular complexity index is 1540. The molecule has 0 unspecified atom stereocenters. The van der Waals surface area contributed by atoms with Crippen molar-refractivity contribution in [2.45, 2.75) is 46.1 Å². The van der Waals surface area contributed by atoms with Gasteiger partial charge in [0.1, 0.15) is 5.76 Å². The molecule has 0 spiro atoms. The number of aromatic nitrogens is 2. The van der Waals surface area contributed by atoms with E-state index in [-0.39, 0.29) is 52.8 Å². The molecule has 4 aromatic rings. The Morgan fingerprint density at radius 3 is 2.32 bits per heavy atom. The second kappa shape index (κ2) is 8.62. The van der Waals surface area contributed by atoms with Crippen LogP contribution in [0.1, 0.15) is 51.6 Å². The first-order valence-corrected chi connectivity index (χ1v) is 11.7. The van der Waals surface area contributed by atoms with Crippen LogP contribution in [-0.4, -0.2) is 57.3 Å². The van der Waals surface area contributed by atoms with Crippen LogP contribution in [0.5, 0.6) is 0 Å². The third-order valence-electron chi connectivity index (χ3n) is 6.62. The van der Waals surface area contributed by atoms with Gasteiger partial charge in [-0.25, -0.2) is 4.79 Å². The Morgan fingerprint density at radius 2 is 1.76 bits per heavy atom. The second-order valence-corrected chi connectivity index (χ2v) is 9.49. The van der Waals surface area contributed by atoms with Crippen molar-refractivity contribution in [1.82, 2.24) is 15.0 Å². The van der Waals surface area contributed by atoms with Crippen molar-refractivity contribution in [3.05, 3.63) is 52.4 Å². The van der Waals surface area contributed by atoms with Crippen molar-refractivity contribution >= 4 is 33.7 Å². The SMILES string of the molecule is Cc1noc(C)c1-c1cc(C(=O)O)c2[nH]c3cc(C(F)(F)F)cc(C(=O)N4C[C@@H](C)O[C@@H](C)C4)c3c2c1. The average molecular weight is 515 g/mol. The van der Waals surface area contributed by atoms with E-state index < -0.39 is 23.6 Å². The lowest BCUT2D eigenvalue weighted by Gasteiger charge is -2.35. The van der Waals surface area contributed by atoms with Gasteiger partial charge in [0.05, 0.1) is 40.1 Å². The summed E-state index contributed by atoms with van der Waals surface area (Å²) in [5, 5.41) is 14.4. The molecule has 0 aliphatic carbocycles. The Hall–Kier alpha value is -3.86. The van der Waals surface area contributed by atoms with E-state index in [1.54, 1.807) is 33.8 Å². The summed E-state index contributed by atoms with van der Waals surface area (Å²) in [4.78, 5) is 30.3. The number of halogens is 3. The van der Waals surface area contributed by atoms with Gasteiger partial charge < -0.3 is 24.3 Å². The number of carboxylic acids is 1. The van der Waals surface area contributed by atoms with Gasteiger partial charge in [-0.2, -0.15) is 13.2 Å². The minimum atomic E-state index is -4.72. The molecule has 1 saturated heterocycles. The number of benzene rings is 2. The van der Waals surface area contributed by atoms with Crippen LogP contribution in [0, 0.1) is 13.8 Å². The number of fused-ring (bicyclic) bond motifs is 3. The van der Waals surface area contributed by atoms with Crippen molar-refractivity contribution < 1.29 is 37.1 Å². The molecule has 1 fully saturated rings. The van der Waals surface area contributed by atoms with E-state index in [4.69, 9.17) is 9.26 Å². The largest absolute Gasteiger partial charge is 0.478 e. The number of morpholine rings is 1. The number of aromatic carboxylic acids is 1. The summed E-state index contributed by atoms with van der Waals surface area (Å²) >= 11 is 0. The fourth-order valence-corrected chi connectivity index (χ4v) is 5.19. The zero-order chi connectivity index (χ0) is 26.8. The van der Waals surface area contributed by atoms with Crippen LogP contribution in [0.15, 0.2) is 28.8 Å². The van der Waals surface area contributed by atoms with Crippen LogP contribution in [0.2, 0.25) is 0 Å². The van der Waals surface area contributed by atoms with E-state index in [0.717, 1.165) is 12.1 Å². The molecular weight excluding hydrogens is 491 g/mol. The number of carbonyl (C=O) groups excluding carboxylic acids is 1. The number of ether oxygens (including phenoxy) is 1. The van der Waals surface area contributed by atoms with Crippen LogP contribution in [-0.2, 0) is 10.9 Å². The van der Waals surface area contributed by atoms with Gasteiger partial charge in [-0.3, -0.25) is 4.79 Å². The predicted octanol–water partition coefficient (Wildman–Crippen LogP) is 5.56. The Labute approximate surface area is 209 Å². The third-order valence-corrected chi connectivity index (χ3v) is 6.62. The van der Waals surface area contributed by atoms with Gasteiger partial charge in [0, 0.05) is 34.9 Å². The first-order chi connectivity index (χ1) is 17.3. The number of rotatable bonds is 3.